The molecule has 0 aromatic heterocycles. The lowest BCUT2D eigenvalue weighted by Crippen LogP contribution is -2.37. The van der Waals surface area contributed by atoms with Gasteiger partial charge in [-0.3, -0.25) is 4.79 Å². The van der Waals surface area contributed by atoms with Gasteiger partial charge in [-0.1, -0.05) is 19.1 Å². The molecule has 94 valence electrons. The molecular formula is C13H18ClNOS. The molecule has 0 saturated heterocycles. The van der Waals surface area contributed by atoms with E-state index in [1.807, 2.05) is 44.4 Å². The zero-order valence-electron chi connectivity index (χ0n) is 10.4. The van der Waals surface area contributed by atoms with E-state index in [0.717, 1.165) is 10.5 Å². The van der Waals surface area contributed by atoms with Gasteiger partial charge in [0.15, 0.2) is 0 Å². The molecule has 0 radical (unpaired) electrons. The lowest BCUT2D eigenvalue weighted by Gasteiger charge is -2.19. The number of rotatable bonds is 5. The van der Waals surface area contributed by atoms with Crippen molar-refractivity contribution in [2.24, 2.45) is 5.92 Å². The van der Waals surface area contributed by atoms with Crippen molar-refractivity contribution in [1.82, 2.24) is 5.32 Å². The topological polar surface area (TPSA) is 29.1 Å². The third kappa shape index (κ3) is 3.93. The molecule has 1 amide bonds. The second-order valence-electron chi connectivity index (χ2n) is 4.09. The van der Waals surface area contributed by atoms with Gasteiger partial charge in [-0.25, -0.2) is 0 Å². The van der Waals surface area contributed by atoms with Crippen LogP contribution in [0.15, 0.2) is 29.2 Å². The molecule has 17 heavy (non-hydrogen) atoms. The number of benzene rings is 1. The number of thioether (sulfide) groups is 1. The Morgan fingerprint density at radius 1 is 1.41 bits per heavy atom. The van der Waals surface area contributed by atoms with Crippen molar-refractivity contribution in [2.75, 3.05) is 12.1 Å². The van der Waals surface area contributed by atoms with Crippen LogP contribution in [0, 0.1) is 5.92 Å². The van der Waals surface area contributed by atoms with E-state index in [1.165, 1.54) is 0 Å². The number of halogens is 1. The standard InChI is InChI=1S/C13H18ClNOS/c1-9(8-14)10(2)15-13(16)11-6-4-5-7-12(11)17-3/h4-7,9-10H,8H2,1-3H3,(H,15,16). The highest BCUT2D eigenvalue weighted by Crippen LogP contribution is 2.20. The molecule has 2 atom stereocenters. The fraction of sp³-hybridized carbons (Fsp3) is 0.462. The molecule has 1 N–H and O–H groups in total. The average molecular weight is 272 g/mol. The van der Waals surface area contributed by atoms with Gasteiger partial charge in [0.1, 0.15) is 0 Å². The number of nitrogens with one attached hydrogen (secondary N) is 1. The molecule has 0 saturated carbocycles. The molecular weight excluding hydrogens is 254 g/mol. The van der Waals surface area contributed by atoms with Crippen LogP contribution in [0.5, 0.6) is 0 Å². The summed E-state index contributed by atoms with van der Waals surface area (Å²) in [4.78, 5) is 13.1. The molecule has 0 fully saturated rings. The third-order valence-corrected chi connectivity index (χ3v) is 4.09. The van der Waals surface area contributed by atoms with E-state index in [2.05, 4.69) is 5.32 Å². The molecule has 0 aliphatic carbocycles. The predicted molar refractivity (Wildman–Crippen MR) is 75.0 cm³/mol. The Morgan fingerprint density at radius 2 is 2.06 bits per heavy atom. The molecule has 1 rings (SSSR count). The molecule has 4 heteroatoms. The van der Waals surface area contributed by atoms with Crippen molar-refractivity contribution in [3.8, 4) is 0 Å². The Kier molecular flexibility index (Phi) is 5.86. The first-order valence-electron chi connectivity index (χ1n) is 5.60. The normalized spacial score (nSPS) is 14.1. The highest BCUT2D eigenvalue weighted by Gasteiger charge is 2.16. The van der Waals surface area contributed by atoms with Gasteiger partial charge in [-0.15, -0.1) is 23.4 Å². The van der Waals surface area contributed by atoms with Crippen molar-refractivity contribution in [1.29, 1.82) is 0 Å². The van der Waals surface area contributed by atoms with Crippen LogP contribution >= 0.6 is 23.4 Å². The number of carbonyl (C=O) groups is 1. The van der Waals surface area contributed by atoms with Crippen LogP contribution in [0.3, 0.4) is 0 Å². The fourth-order valence-corrected chi connectivity index (χ4v) is 2.26. The average Bonchev–Trinajstić information content (AvgIpc) is 2.37. The molecule has 0 aliphatic heterocycles. The zero-order valence-corrected chi connectivity index (χ0v) is 11.9. The van der Waals surface area contributed by atoms with Gasteiger partial charge in [0.2, 0.25) is 0 Å². The first-order valence-corrected chi connectivity index (χ1v) is 7.36. The Labute approximate surface area is 112 Å². The molecule has 1 aromatic rings. The van der Waals surface area contributed by atoms with E-state index in [9.17, 15) is 4.79 Å². The molecule has 0 bridgehead atoms. The molecule has 2 unspecified atom stereocenters. The minimum atomic E-state index is -0.0283. The first-order chi connectivity index (χ1) is 8.10. The van der Waals surface area contributed by atoms with E-state index >= 15 is 0 Å². The van der Waals surface area contributed by atoms with Gasteiger partial charge in [0.25, 0.3) is 5.91 Å². The van der Waals surface area contributed by atoms with Crippen LogP contribution in [-0.2, 0) is 0 Å². The second-order valence-corrected chi connectivity index (χ2v) is 5.25. The van der Waals surface area contributed by atoms with Crippen molar-refractivity contribution in [3.05, 3.63) is 29.8 Å². The van der Waals surface area contributed by atoms with Crippen LogP contribution in [-0.4, -0.2) is 24.1 Å². The summed E-state index contributed by atoms with van der Waals surface area (Å²) in [5, 5.41) is 2.98. The zero-order chi connectivity index (χ0) is 12.8. The van der Waals surface area contributed by atoms with Gasteiger partial charge in [-0.2, -0.15) is 0 Å². The van der Waals surface area contributed by atoms with Crippen molar-refractivity contribution in [3.63, 3.8) is 0 Å². The van der Waals surface area contributed by atoms with E-state index < -0.39 is 0 Å². The van der Waals surface area contributed by atoms with Crippen LogP contribution in [0.4, 0.5) is 0 Å². The van der Waals surface area contributed by atoms with Crippen LogP contribution in [0.2, 0.25) is 0 Å². The van der Waals surface area contributed by atoms with E-state index in [-0.39, 0.29) is 17.9 Å². The first kappa shape index (κ1) is 14.4. The summed E-state index contributed by atoms with van der Waals surface area (Å²) in [5.74, 6) is 0.785. The maximum Gasteiger partial charge on any atom is 0.252 e. The highest BCUT2D eigenvalue weighted by molar-refractivity contribution is 7.98. The Morgan fingerprint density at radius 3 is 2.65 bits per heavy atom. The largest absolute Gasteiger partial charge is 0.349 e. The summed E-state index contributed by atoms with van der Waals surface area (Å²) in [7, 11) is 0. The fourth-order valence-electron chi connectivity index (χ4n) is 1.39. The number of alkyl halides is 1. The maximum atomic E-state index is 12.1. The van der Waals surface area contributed by atoms with Gasteiger partial charge in [-0.05, 0) is 31.2 Å². The minimum Gasteiger partial charge on any atom is -0.349 e. The molecule has 0 aliphatic rings. The highest BCUT2D eigenvalue weighted by atomic mass is 35.5. The Bertz CT molecular complexity index is 383. The van der Waals surface area contributed by atoms with Crippen LogP contribution in [0.25, 0.3) is 0 Å². The summed E-state index contributed by atoms with van der Waals surface area (Å²) in [5.41, 5.74) is 0.730. The van der Waals surface area contributed by atoms with Crippen LogP contribution < -0.4 is 5.32 Å². The van der Waals surface area contributed by atoms with E-state index in [0.29, 0.717) is 5.88 Å². The van der Waals surface area contributed by atoms with Crippen LogP contribution in [0.1, 0.15) is 24.2 Å². The van der Waals surface area contributed by atoms with Crippen molar-refractivity contribution >= 4 is 29.3 Å². The maximum absolute atomic E-state index is 12.1. The summed E-state index contributed by atoms with van der Waals surface area (Å²) in [6.07, 6.45) is 1.97. The van der Waals surface area contributed by atoms with Gasteiger partial charge in [0, 0.05) is 16.8 Å². The summed E-state index contributed by atoms with van der Waals surface area (Å²) >= 11 is 7.36. The lowest BCUT2D eigenvalue weighted by molar-refractivity contribution is 0.0928. The van der Waals surface area contributed by atoms with Gasteiger partial charge in [0.05, 0.1) is 5.56 Å². The van der Waals surface area contributed by atoms with E-state index in [1.54, 1.807) is 11.8 Å². The molecule has 0 heterocycles. The van der Waals surface area contributed by atoms with Gasteiger partial charge < -0.3 is 5.32 Å². The summed E-state index contributed by atoms with van der Waals surface area (Å²) in [6, 6.07) is 7.70. The second kappa shape index (κ2) is 6.92. The number of amides is 1. The van der Waals surface area contributed by atoms with Gasteiger partial charge >= 0.3 is 0 Å². The molecule has 2 nitrogen and oxygen atoms in total. The molecule has 1 aromatic carbocycles. The lowest BCUT2D eigenvalue weighted by atomic mass is 10.1. The number of carbonyl (C=O) groups excluding carboxylic acids is 1. The van der Waals surface area contributed by atoms with Crippen molar-refractivity contribution < 1.29 is 4.79 Å². The van der Waals surface area contributed by atoms with E-state index in [4.69, 9.17) is 11.6 Å². The quantitative estimate of drug-likeness (QED) is 0.657. The Hall–Kier alpha value is -0.670. The smallest absolute Gasteiger partial charge is 0.252 e. The Balaban J connectivity index is 2.76. The SMILES string of the molecule is CSc1ccccc1C(=O)NC(C)C(C)CCl. The summed E-state index contributed by atoms with van der Waals surface area (Å²) in [6.45, 7) is 4.01. The third-order valence-electron chi connectivity index (χ3n) is 2.81. The predicted octanol–water partition coefficient (Wildman–Crippen LogP) is 3.40. The summed E-state index contributed by atoms with van der Waals surface area (Å²) < 4.78 is 0. The monoisotopic (exact) mass is 271 g/mol. The minimum absolute atomic E-state index is 0.0283. The van der Waals surface area contributed by atoms with Crippen molar-refractivity contribution in [2.45, 2.75) is 24.8 Å². The number of hydrogen-bond donors (Lipinski definition) is 1. The number of hydrogen-bond acceptors (Lipinski definition) is 2. The molecule has 0 spiro atoms.